The van der Waals surface area contributed by atoms with Gasteiger partial charge >= 0.3 is 5.69 Å². The second-order valence-electron chi connectivity index (χ2n) is 6.87. The average molecular weight is 418 g/mol. The molecular weight excluding hydrogens is 393 g/mol. The maximum absolute atomic E-state index is 14.1. The van der Waals surface area contributed by atoms with E-state index in [2.05, 4.69) is 0 Å². The van der Waals surface area contributed by atoms with E-state index in [4.69, 9.17) is 0 Å². The Labute approximate surface area is 171 Å². The summed E-state index contributed by atoms with van der Waals surface area (Å²) in [6, 6.07) is 7.71. The van der Waals surface area contributed by atoms with E-state index in [-0.39, 0.29) is 24.6 Å². The largest absolute Gasteiger partial charge is 0.341 e. The number of benzene rings is 1. The standard InChI is InChI=1S/C21H24FN3O3S/c1-3-10-23(11-4-2)18(26)14-24-17-9-12-29-19(17)20(27)25(21(24)28)13-15-7-5-6-8-16(15)22/h5-9,12H,3-4,10-11,13-14H2,1-2H3. The number of hydrogen-bond acceptors (Lipinski definition) is 4. The predicted octanol–water partition coefficient (Wildman–Crippen LogP) is 3.06. The van der Waals surface area contributed by atoms with E-state index in [0.717, 1.165) is 17.4 Å². The quantitative estimate of drug-likeness (QED) is 0.566. The van der Waals surface area contributed by atoms with Crippen molar-refractivity contribution in [3.05, 3.63) is 67.9 Å². The lowest BCUT2D eigenvalue weighted by Gasteiger charge is -2.22. The van der Waals surface area contributed by atoms with Crippen molar-refractivity contribution < 1.29 is 9.18 Å². The molecule has 0 aliphatic carbocycles. The molecule has 8 heteroatoms. The first-order chi connectivity index (χ1) is 14.0. The van der Waals surface area contributed by atoms with Gasteiger partial charge in [0, 0.05) is 18.7 Å². The van der Waals surface area contributed by atoms with Crippen LogP contribution in [-0.4, -0.2) is 33.0 Å². The Morgan fingerprint density at radius 2 is 1.76 bits per heavy atom. The van der Waals surface area contributed by atoms with Crippen molar-refractivity contribution in [1.82, 2.24) is 14.0 Å². The summed E-state index contributed by atoms with van der Waals surface area (Å²) in [7, 11) is 0. The first-order valence-electron chi connectivity index (χ1n) is 9.69. The fourth-order valence-corrected chi connectivity index (χ4v) is 4.20. The second-order valence-corrected chi connectivity index (χ2v) is 7.78. The van der Waals surface area contributed by atoms with Gasteiger partial charge in [0.15, 0.2) is 0 Å². The van der Waals surface area contributed by atoms with Crippen LogP contribution in [0.25, 0.3) is 10.2 Å². The molecule has 0 fully saturated rings. The number of nitrogens with zero attached hydrogens (tertiary/aromatic N) is 3. The lowest BCUT2D eigenvalue weighted by atomic mass is 10.2. The van der Waals surface area contributed by atoms with Gasteiger partial charge in [-0.3, -0.25) is 18.7 Å². The van der Waals surface area contributed by atoms with E-state index in [1.165, 1.54) is 22.0 Å². The van der Waals surface area contributed by atoms with E-state index in [1.54, 1.807) is 34.5 Å². The van der Waals surface area contributed by atoms with Crippen LogP contribution < -0.4 is 11.2 Å². The second kappa shape index (κ2) is 9.17. The highest BCUT2D eigenvalue weighted by Gasteiger charge is 2.19. The minimum atomic E-state index is -0.606. The van der Waals surface area contributed by atoms with Crippen LogP contribution in [0.5, 0.6) is 0 Å². The molecular formula is C21H24FN3O3S. The molecule has 0 atom stereocenters. The molecule has 0 spiro atoms. The van der Waals surface area contributed by atoms with Gasteiger partial charge in [-0.1, -0.05) is 32.0 Å². The average Bonchev–Trinajstić information content (AvgIpc) is 3.19. The Morgan fingerprint density at radius 1 is 1.07 bits per heavy atom. The molecule has 3 rings (SSSR count). The molecule has 0 aliphatic rings. The molecule has 0 saturated carbocycles. The minimum absolute atomic E-state index is 0.149. The number of rotatable bonds is 8. The molecule has 2 heterocycles. The van der Waals surface area contributed by atoms with E-state index >= 15 is 0 Å². The molecule has 1 aromatic carbocycles. The Bertz CT molecular complexity index is 1130. The van der Waals surface area contributed by atoms with E-state index in [9.17, 15) is 18.8 Å². The number of hydrogen-bond donors (Lipinski definition) is 0. The molecule has 1 amide bonds. The smallest absolute Gasteiger partial charge is 0.332 e. The van der Waals surface area contributed by atoms with Crippen LogP contribution in [0.1, 0.15) is 32.3 Å². The van der Waals surface area contributed by atoms with Gasteiger partial charge in [-0.2, -0.15) is 0 Å². The van der Waals surface area contributed by atoms with Crippen LogP contribution >= 0.6 is 11.3 Å². The van der Waals surface area contributed by atoms with Crippen molar-refractivity contribution >= 4 is 27.5 Å². The molecule has 29 heavy (non-hydrogen) atoms. The van der Waals surface area contributed by atoms with Crippen LogP contribution in [0.2, 0.25) is 0 Å². The number of thiophene rings is 1. The van der Waals surface area contributed by atoms with Crippen LogP contribution in [-0.2, 0) is 17.9 Å². The summed E-state index contributed by atoms with van der Waals surface area (Å²) in [4.78, 5) is 40.5. The highest BCUT2D eigenvalue weighted by molar-refractivity contribution is 7.17. The summed E-state index contributed by atoms with van der Waals surface area (Å²) in [5.74, 6) is -0.649. The fourth-order valence-electron chi connectivity index (χ4n) is 3.36. The maximum atomic E-state index is 14.1. The topological polar surface area (TPSA) is 64.3 Å². The van der Waals surface area contributed by atoms with Gasteiger partial charge in [0.05, 0.1) is 12.1 Å². The maximum Gasteiger partial charge on any atom is 0.332 e. The normalized spacial score (nSPS) is 11.1. The lowest BCUT2D eigenvalue weighted by molar-refractivity contribution is -0.131. The molecule has 154 valence electrons. The van der Waals surface area contributed by atoms with Gasteiger partial charge in [-0.25, -0.2) is 9.18 Å². The van der Waals surface area contributed by atoms with Crippen molar-refractivity contribution in [3.63, 3.8) is 0 Å². The molecule has 0 aliphatic heterocycles. The first-order valence-corrected chi connectivity index (χ1v) is 10.6. The van der Waals surface area contributed by atoms with Gasteiger partial charge in [0.25, 0.3) is 5.56 Å². The Balaban J connectivity index is 2.07. The fraction of sp³-hybridized carbons (Fsp3) is 0.381. The highest BCUT2D eigenvalue weighted by Crippen LogP contribution is 2.16. The molecule has 3 aromatic rings. The van der Waals surface area contributed by atoms with E-state index in [1.807, 2.05) is 13.8 Å². The van der Waals surface area contributed by atoms with Crippen molar-refractivity contribution in [3.8, 4) is 0 Å². The first kappa shape index (κ1) is 21.0. The third-order valence-corrected chi connectivity index (χ3v) is 5.65. The molecule has 0 N–H and O–H groups in total. The summed E-state index contributed by atoms with van der Waals surface area (Å²) >= 11 is 1.21. The number of carbonyl (C=O) groups excluding carboxylic acids is 1. The molecule has 2 aromatic heterocycles. The summed E-state index contributed by atoms with van der Waals surface area (Å²) < 4.78 is 16.8. The third-order valence-electron chi connectivity index (χ3n) is 4.76. The number of aromatic nitrogens is 2. The lowest BCUT2D eigenvalue weighted by Crippen LogP contribution is -2.43. The Morgan fingerprint density at radius 3 is 2.41 bits per heavy atom. The minimum Gasteiger partial charge on any atom is -0.341 e. The zero-order valence-corrected chi connectivity index (χ0v) is 17.4. The van der Waals surface area contributed by atoms with E-state index < -0.39 is 17.1 Å². The molecule has 0 radical (unpaired) electrons. The van der Waals surface area contributed by atoms with Gasteiger partial charge in [-0.15, -0.1) is 11.3 Å². The Kier molecular flexibility index (Phi) is 6.64. The van der Waals surface area contributed by atoms with Crippen molar-refractivity contribution in [1.29, 1.82) is 0 Å². The van der Waals surface area contributed by atoms with Gasteiger partial charge in [0.1, 0.15) is 17.1 Å². The van der Waals surface area contributed by atoms with Crippen LogP contribution in [0.4, 0.5) is 4.39 Å². The molecule has 6 nitrogen and oxygen atoms in total. The number of halogens is 1. The zero-order valence-electron chi connectivity index (χ0n) is 16.6. The van der Waals surface area contributed by atoms with Crippen molar-refractivity contribution in [2.45, 2.75) is 39.8 Å². The number of amides is 1. The van der Waals surface area contributed by atoms with Gasteiger partial charge in [0.2, 0.25) is 5.91 Å². The third kappa shape index (κ3) is 4.32. The zero-order chi connectivity index (χ0) is 21.0. The van der Waals surface area contributed by atoms with Crippen molar-refractivity contribution in [2.75, 3.05) is 13.1 Å². The van der Waals surface area contributed by atoms with Gasteiger partial charge < -0.3 is 4.90 Å². The predicted molar refractivity (Wildman–Crippen MR) is 113 cm³/mol. The van der Waals surface area contributed by atoms with Crippen LogP contribution in [0.15, 0.2) is 45.3 Å². The number of fused-ring (bicyclic) bond motifs is 1. The van der Waals surface area contributed by atoms with E-state index in [0.29, 0.717) is 23.3 Å². The molecule has 0 bridgehead atoms. The SMILES string of the molecule is CCCN(CCC)C(=O)Cn1c(=O)n(Cc2ccccc2F)c(=O)c2sccc21. The van der Waals surface area contributed by atoms with Crippen LogP contribution in [0.3, 0.4) is 0 Å². The summed E-state index contributed by atoms with van der Waals surface area (Å²) in [6.07, 6.45) is 1.64. The van der Waals surface area contributed by atoms with Crippen LogP contribution in [0, 0.1) is 5.82 Å². The Hall–Kier alpha value is -2.74. The summed E-state index contributed by atoms with van der Waals surface area (Å²) in [6.45, 7) is 4.89. The van der Waals surface area contributed by atoms with Crippen molar-refractivity contribution in [2.24, 2.45) is 0 Å². The molecule has 0 saturated heterocycles. The van der Waals surface area contributed by atoms with Gasteiger partial charge in [-0.05, 0) is 30.4 Å². The summed E-state index contributed by atoms with van der Waals surface area (Å²) in [5.41, 5.74) is -0.383. The monoisotopic (exact) mass is 417 g/mol. The number of carbonyl (C=O) groups is 1. The highest BCUT2D eigenvalue weighted by atomic mass is 32.1. The summed E-state index contributed by atoms with van der Waals surface area (Å²) in [5, 5.41) is 1.72. The molecule has 0 unspecified atom stereocenters.